The van der Waals surface area contributed by atoms with E-state index in [-0.39, 0.29) is 23.8 Å². The average molecular weight is 315 g/mol. The predicted octanol–water partition coefficient (Wildman–Crippen LogP) is 3.12. The Bertz CT molecular complexity index is 557. The maximum atomic E-state index is 12.6. The second-order valence-electron chi connectivity index (χ2n) is 6.83. The summed E-state index contributed by atoms with van der Waals surface area (Å²) >= 11 is 0. The molecule has 1 saturated carbocycles. The van der Waals surface area contributed by atoms with E-state index in [0.717, 1.165) is 12.8 Å². The van der Waals surface area contributed by atoms with E-state index in [1.54, 1.807) is 0 Å². The number of nitrogens with zero attached hydrogens (tertiary/aromatic N) is 1. The van der Waals surface area contributed by atoms with Crippen LogP contribution in [0.1, 0.15) is 50.0 Å². The minimum atomic E-state index is -0.176. The number of esters is 1. The van der Waals surface area contributed by atoms with E-state index in [1.165, 1.54) is 18.4 Å². The summed E-state index contributed by atoms with van der Waals surface area (Å²) in [5, 5.41) is 0. The van der Waals surface area contributed by atoms with Crippen molar-refractivity contribution in [1.82, 2.24) is 4.90 Å². The van der Waals surface area contributed by atoms with E-state index in [4.69, 9.17) is 4.74 Å². The second kappa shape index (κ2) is 7.16. The zero-order valence-corrected chi connectivity index (χ0v) is 13.7. The molecule has 3 atom stereocenters. The van der Waals surface area contributed by atoms with E-state index in [9.17, 15) is 9.59 Å². The predicted molar refractivity (Wildman–Crippen MR) is 87.9 cm³/mol. The van der Waals surface area contributed by atoms with Crippen molar-refractivity contribution in [1.29, 1.82) is 0 Å². The van der Waals surface area contributed by atoms with Crippen LogP contribution in [0, 0.1) is 5.92 Å². The molecule has 0 N–H and O–H groups in total. The van der Waals surface area contributed by atoms with Crippen molar-refractivity contribution in [2.45, 2.75) is 50.5 Å². The summed E-state index contributed by atoms with van der Waals surface area (Å²) in [6, 6.07) is 10.8. The van der Waals surface area contributed by atoms with Crippen molar-refractivity contribution in [2.75, 3.05) is 13.7 Å². The van der Waals surface area contributed by atoms with Crippen molar-refractivity contribution in [3.63, 3.8) is 0 Å². The molecule has 3 rings (SSSR count). The van der Waals surface area contributed by atoms with Gasteiger partial charge in [-0.05, 0) is 18.4 Å². The second-order valence-corrected chi connectivity index (χ2v) is 6.83. The highest BCUT2D eigenvalue weighted by Crippen LogP contribution is 2.36. The van der Waals surface area contributed by atoms with Crippen LogP contribution in [0.3, 0.4) is 0 Å². The smallest absolute Gasteiger partial charge is 0.306 e. The molecule has 2 aliphatic rings. The molecular formula is C19H25NO3. The monoisotopic (exact) mass is 315 g/mol. The highest BCUT2D eigenvalue weighted by molar-refractivity contribution is 5.78. The van der Waals surface area contributed by atoms with Crippen LogP contribution in [0.4, 0.5) is 0 Å². The van der Waals surface area contributed by atoms with Gasteiger partial charge in [-0.15, -0.1) is 0 Å². The number of carbonyl (C=O) groups excluding carboxylic acids is 2. The zero-order valence-electron chi connectivity index (χ0n) is 13.7. The van der Waals surface area contributed by atoms with Gasteiger partial charge < -0.3 is 9.64 Å². The normalized spacial score (nSPS) is 27.5. The van der Waals surface area contributed by atoms with E-state index in [2.05, 4.69) is 24.3 Å². The quantitative estimate of drug-likeness (QED) is 0.802. The fraction of sp³-hybridized carbons (Fsp3) is 0.579. The maximum Gasteiger partial charge on any atom is 0.306 e. The number of rotatable bonds is 4. The first-order valence-corrected chi connectivity index (χ1v) is 8.61. The van der Waals surface area contributed by atoms with E-state index < -0.39 is 0 Å². The summed E-state index contributed by atoms with van der Waals surface area (Å²) in [6.07, 6.45) is 5.39. The number of carbonyl (C=O) groups is 2. The highest BCUT2D eigenvalue weighted by Gasteiger charge is 2.34. The number of cyclic esters (lactones) is 1. The Balaban J connectivity index is 1.67. The van der Waals surface area contributed by atoms with E-state index >= 15 is 0 Å². The standard InChI is InChI=1S/C19H25NO3/c1-20(18(21)11-14-12-19(22)23-13-14)17-10-6-5-9-16(17)15-7-3-2-4-8-15/h2-4,7-8,14,16-17H,5-6,9-13H2,1H3/t14-,16+,17-/m0/s1. The van der Waals surface area contributed by atoms with Crippen LogP contribution >= 0.6 is 0 Å². The topological polar surface area (TPSA) is 46.6 Å². The maximum absolute atomic E-state index is 12.6. The van der Waals surface area contributed by atoms with Gasteiger partial charge in [0, 0.05) is 31.3 Å². The van der Waals surface area contributed by atoms with Gasteiger partial charge in [0.1, 0.15) is 0 Å². The molecule has 0 bridgehead atoms. The van der Waals surface area contributed by atoms with Crippen molar-refractivity contribution >= 4 is 11.9 Å². The van der Waals surface area contributed by atoms with Crippen LogP contribution in [-0.2, 0) is 14.3 Å². The summed E-state index contributed by atoms with van der Waals surface area (Å²) in [5.41, 5.74) is 1.33. The van der Waals surface area contributed by atoms with Gasteiger partial charge in [-0.3, -0.25) is 9.59 Å². The van der Waals surface area contributed by atoms with Gasteiger partial charge >= 0.3 is 5.97 Å². The molecule has 1 aliphatic carbocycles. The Kier molecular flexibility index (Phi) is 4.99. The van der Waals surface area contributed by atoms with Crippen molar-refractivity contribution in [3.05, 3.63) is 35.9 Å². The Morgan fingerprint density at radius 1 is 1.22 bits per heavy atom. The van der Waals surface area contributed by atoms with Crippen LogP contribution in [0.5, 0.6) is 0 Å². The molecular weight excluding hydrogens is 290 g/mol. The molecule has 0 spiro atoms. The summed E-state index contributed by atoms with van der Waals surface area (Å²) in [7, 11) is 1.92. The number of benzene rings is 1. The lowest BCUT2D eigenvalue weighted by atomic mass is 9.79. The van der Waals surface area contributed by atoms with Crippen LogP contribution in [0.15, 0.2) is 30.3 Å². The van der Waals surface area contributed by atoms with Crippen LogP contribution in [0.2, 0.25) is 0 Å². The third kappa shape index (κ3) is 3.74. The summed E-state index contributed by atoms with van der Waals surface area (Å²) < 4.78 is 4.97. The van der Waals surface area contributed by atoms with Gasteiger partial charge in [-0.1, -0.05) is 43.2 Å². The molecule has 1 saturated heterocycles. The summed E-state index contributed by atoms with van der Waals surface area (Å²) in [5.74, 6) is 0.433. The molecule has 1 aromatic rings. The number of hydrogen-bond acceptors (Lipinski definition) is 3. The lowest BCUT2D eigenvalue weighted by Gasteiger charge is -2.38. The fourth-order valence-electron chi connectivity index (χ4n) is 3.94. The van der Waals surface area contributed by atoms with E-state index in [0.29, 0.717) is 25.4 Å². The van der Waals surface area contributed by atoms with Gasteiger partial charge in [0.15, 0.2) is 0 Å². The van der Waals surface area contributed by atoms with Crippen molar-refractivity contribution < 1.29 is 14.3 Å². The van der Waals surface area contributed by atoms with Crippen LogP contribution in [-0.4, -0.2) is 36.5 Å². The highest BCUT2D eigenvalue weighted by atomic mass is 16.5. The molecule has 1 aromatic carbocycles. The van der Waals surface area contributed by atoms with Gasteiger partial charge in [-0.25, -0.2) is 0 Å². The van der Waals surface area contributed by atoms with Crippen molar-refractivity contribution in [2.24, 2.45) is 5.92 Å². The minimum absolute atomic E-state index is 0.0521. The number of hydrogen-bond donors (Lipinski definition) is 0. The minimum Gasteiger partial charge on any atom is -0.465 e. The molecule has 23 heavy (non-hydrogen) atoms. The molecule has 124 valence electrons. The van der Waals surface area contributed by atoms with Gasteiger partial charge in [-0.2, -0.15) is 0 Å². The van der Waals surface area contributed by atoms with Gasteiger partial charge in [0.05, 0.1) is 13.0 Å². The first-order chi connectivity index (χ1) is 11.1. The average Bonchev–Trinajstić information content (AvgIpc) is 3.00. The Hall–Kier alpha value is -1.84. The van der Waals surface area contributed by atoms with E-state index in [1.807, 2.05) is 18.0 Å². The van der Waals surface area contributed by atoms with Gasteiger partial charge in [0.25, 0.3) is 0 Å². The summed E-state index contributed by atoms with van der Waals surface area (Å²) in [6.45, 7) is 0.394. The number of ether oxygens (including phenoxy) is 1. The SMILES string of the molecule is CN(C(=O)C[C@@H]1COC(=O)C1)[C@H]1CCCC[C@@H]1c1ccccc1. The van der Waals surface area contributed by atoms with Crippen LogP contribution < -0.4 is 0 Å². The number of amides is 1. The largest absolute Gasteiger partial charge is 0.465 e. The fourth-order valence-corrected chi connectivity index (χ4v) is 3.94. The summed E-state index contributed by atoms with van der Waals surface area (Å²) in [4.78, 5) is 25.8. The molecule has 0 aromatic heterocycles. The molecule has 2 fully saturated rings. The molecule has 0 unspecified atom stereocenters. The Morgan fingerprint density at radius 3 is 2.65 bits per heavy atom. The number of likely N-dealkylation sites (N-methyl/N-ethyl adjacent to an activating group) is 1. The third-order valence-corrected chi connectivity index (χ3v) is 5.25. The lowest BCUT2D eigenvalue weighted by Crippen LogP contribution is -2.43. The molecule has 1 heterocycles. The van der Waals surface area contributed by atoms with Gasteiger partial charge in [0.2, 0.25) is 5.91 Å². The molecule has 0 radical (unpaired) electrons. The molecule has 4 heteroatoms. The first-order valence-electron chi connectivity index (χ1n) is 8.61. The molecule has 1 amide bonds. The molecule has 4 nitrogen and oxygen atoms in total. The Morgan fingerprint density at radius 2 is 1.96 bits per heavy atom. The lowest BCUT2D eigenvalue weighted by molar-refractivity contribution is -0.138. The first kappa shape index (κ1) is 16.0. The van der Waals surface area contributed by atoms with Crippen molar-refractivity contribution in [3.8, 4) is 0 Å². The zero-order chi connectivity index (χ0) is 16.2. The van der Waals surface area contributed by atoms with Crippen LogP contribution in [0.25, 0.3) is 0 Å². The Labute approximate surface area is 137 Å². The molecule has 1 aliphatic heterocycles. The third-order valence-electron chi connectivity index (χ3n) is 5.25.